The van der Waals surface area contributed by atoms with Gasteiger partial charge in [-0.25, -0.2) is 5.01 Å². The number of hydrazone groups is 1. The third-order valence-corrected chi connectivity index (χ3v) is 8.03. The first-order valence-electron chi connectivity index (χ1n) is 12.2. The van der Waals surface area contributed by atoms with E-state index in [4.69, 9.17) is 21.4 Å². The van der Waals surface area contributed by atoms with Crippen molar-refractivity contribution in [3.63, 3.8) is 0 Å². The number of aryl methyl sites for hydroxylation is 2. The second kappa shape index (κ2) is 11.0. The van der Waals surface area contributed by atoms with E-state index in [1.807, 2.05) is 80.6 Å². The predicted octanol–water partition coefficient (Wildman–Crippen LogP) is 6.14. The van der Waals surface area contributed by atoms with E-state index >= 15 is 0 Å². The van der Waals surface area contributed by atoms with E-state index < -0.39 is 5.25 Å². The first-order chi connectivity index (χ1) is 18.3. The minimum atomic E-state index is -0.614. The van der Waals surface area contributed by atoms with Gasteiger partial charge >= 0.3 is 0 Å². The molecule has 3 aromatic rings. The molecule has 2 amide bonds. The fraction of sp³-hybridized carbons (Fsp3) is 0.241. The number of hydrogen-bond acceptors (Lipinski definition) is 6. The topological polar surface area (TPSA) is 83.4 Å². The highest BCUT2D eigenvalue weighted by molar-refractivity contribution is 8.15. The third kappa shape index (κ3) is 5.61. The molecule has 1 N–H and O–H groups in total. The summed E-state index contributed by atoms with van der Waals surface area (Å²) in [6.45, 7) is 4.01. The number of methoxy groups -OCH3 is 1. The molecule has 2 aliphatic heterocycles. The maximum absolute atomic E-state index is 12.8. The Kier molecular flexibility index (Phi) is 7.53. The van der Waals surface area contributed by atoms with Gasteiger partial charge in [-0.3, -0.25) is 9.59 Å². The summed E-state index contributed by atoms with van der Waals surface area (Å²) in [5.74, 6) is 0.197. The van der Waals surface area contributed by atoms with Gasteiger partial charge in [0, 0.05) is 23.6 Å². The van der Waals surface area contributed by atoms with E-state index in [-0.39, 0.29) is 24.3 Å². The van der Waals surface area contributed by atoms with Crippen LogP contribution in [0.25, 0.3) is 0 Å². The number of hydrogen-bond donors (Lipinski definition) is 1. The smallest absolute Gasteiger partial charge is 0.262 e. The normalized spacial score (nSPS) is 18.8. The van der Waals surface area contributed by atoms with Gasteiger partial charge in [0.15, 0.2) is 5.17 Å². The number of amides is 2. The van der Waals surface area contributed by atoms with Crippen LogP contribution in [-0.4, -0.2) is 40.1 Å². The van der Waals surface area contributed by atoms with Crippen LogP contribution in [0.15, 0.2) is 76.8 Å². The summed E-state index contributed by atoms with van der Waals surface area (Å²) in [5, 5.41) is 10.1. The minimum absolute atomic E-state index is 0.0220. The fourth-order valence-electron chi connectivity index (χ4n) is 4.42. The molecule has 0 fully saturated rings. The van der Waals surface area contributed by atoms with Crippen molar-refractivity contribution in [2.45, 2.75) is 38.0 Å². The molecule has 0 saturated carbocycles. The van der Waals surface area contributed by atoms with Crippen LogP contribution in [0.2, 0.25) is 5.02 Å². The third-order valence-electron chi connectivity index (χ3n) is 6.65. The summed E-state index contributed by atoms with van der Waals surface area (Å²) in [4.78, 5) is 29.9. The van der Waals surface area contributed by atoms with Gasteiger partial charge in [-0.15, -0.1) is 0 Å². The molecule has 0 aliphatic carbocycles. The molecule has 0 radical (unpaired) electrons. The molecule has 38 heavy (non-hydrogen) atoms. The van der Waals surface area contributed by atoms with E-state index in [9.17, 15) is 9.59 Å². The molecule has 2 aliphatic rings. The van der Waals surface area contributed by atoms with Crippen molar-refractivity contribution in [2.24, 2.45) is 10.1 Å². The maximum Gasteiger partial charge on any atom is 0.262 e. The Bertz CT molecular complexity index is 1450. The molecule has 9 heteroatoms. The van der Waals surface area contributed by atoms with Gasteiger partial charge < -0.3 is 10.1 Å². The standard InChI is InChI=1S/C29H27ClN4O3S/c1-17-7-10-22(13-18(17)2)31-27(35)16-26-28(36)32-29(38-26)34-25(20-5-4-6-21(30)14-20)15-24(33-34)19-8-11-23(37-3)12-9-19/h4-14,25-26H,15-16H2,1-3H3,(H,31,35)/t25-,26+/m0/s1. The monoisotopic (exact) mass is 546 g/mol. The van der Waals surface area contributed by atoms with Crippen molar-refractivity contribution < 1.29 is 14.3 Å². The molecule has 0 bridgehead atoms. The van der Waals surface area contributed by atoms with Gasteiger partial charge in [0.2, 0.25) is 5.91 Å². The highest BCUT2D eigenvalue weighted by atomic mass is 35.5. The first-order valence-corrected chi connectivity index (χ1v) is 13.5. The zero-order chi connectivity index (χ0) is 26.8. The largest absolute Gasteiger partial charge is 0.497 e. The van der Waals surface area contributed by atoms with E-state index in [2.05, 4.69) is 10.3 Å². The number of nitrogens with zero attached hydrogens (tertiary/aromatic N) is 3. The van der Waals surface area contributed by atoms with Crippen LogP contribution in [-0.2, 0) is 9.59 Å². The highest BCUT2D eigenvalue weighted by Crippen LogP contribution is 2.39. The highest BCUT2D eigenvalue weighted by Gasteiger charge is 2.39. The van der Waals surface area contributed by atoms with Crippen LogP contribution in [0.4, 0.5) is 5.69 Å². The minimum Gasteiger partial charge on any atom is -0.497 e. The molecule has 0 spiro atoms. The van der Waals surface area contributed by atoms with Gasteiger partial charge in [-0.1, -0.05) is 41.6 Å². The van der Waals surface area contributed by atoms with E-state index in [0.29, 0.717) is 22.3 Å². The Balaban J connectivity index is 1.35. The zero-order valence-electron chi connectivity index (χ0n) is 21.3. The molecule has 194 valence electrons. The van der Waals surface area contributed by atoms with Crippen molar-refractivity contribution >= 4 is 51.7 Å². The molecular formula is C29H27ClN4O3S. The maximum atomic E-state index is 12.8. The average Bonchev–Trinajstić information content (AvgIpc) is 3.50. The van der Waals surface area contributed by atoms with Gasteiger partial charge in [0.1, 0.15) is 11.0 Å². The van der Waals surface area contributed by atoms with Crippen molar-refractivity contribution in [3.05, 3.63) is 94.0 Å². The van der Waals surface area contributed by atoms with Crippen molar-refractivity contribution in [2.75, 3.05) is 12.4 Å². The number of aliphatic imine (C=N–C) groups is 1. The molecule has 3 aromatic carbocycles. The molecule has 0 saturated heterocycles. The van der Waals surface area contributed by atoms with Gasteiger partial charge in [-0.2, -0.15) is 10.1 Å². The predicted molar refractivity (Wildman–Crippen MR) is 153 cm³/mol. The molecule has 7 nitrogen and oxygen atoms in total. The summed E-state index contributed by atoms with van der Waals surface area (Å²) in [7, 11) is 1.63. The van der Waals surface area contributed by atoms with Crippen LogP contribution >= 0.6 is 23.4 Å². The van der Waals surface area contributed by atoms with Crippen molar-refractivity contribution in [1.82, 2.24) is 5.01 Å². The number of benzene rings is 3. The lowest BCUT2D eigenvalue weighted by Gasteiger charge is -2.23. The molecule has 0 aromatic heterocycles. The number of carbonyl (C=O) groups is 2. The summed E-state index contributed by atoms with van der Waals surface area (Å²) in [6.07, 6.45) is 0.631. The van der Waals surface area contributed by atoms with Crippen molar-refractivity contribution in [3.8, 4) is 5.75 Å². The summed E-state index contributed by atoms with van der Waals surface area (Å²) >= 11 is 7.57. The lowest BCUT2D eigenvalue weighted by atomic mass is 9.98. The van der Waals surface area contributed by atoms with Crippen LogP contribution in [0.3, 0.4) is 0 Å². The van der Waals surface area contributed by atoms with Gasteiger partial charge in [0.25, 0.3) is 5.91 Å². The zero-order valence-corrected chi connectivity index (χ0v) is 22.8. The van der Waals surface area contributed by atoms with Gasteiger partial charge in [-0.05, 0) is 84.6 Å². The quantitative estimate of drug-likeness (QED) is 0.401. The lowest BCUT2D eigenvalue weighted by Crippen LogP contribution is -2.25. The van der Waals surface area contributed by atoms with E-state index in [1.54, 1.807) is 12.1 Å². The Morgan fingerprint density at radius 3 is 2.61 bits per heavy atom. The number of carbonyl (C=O) groups excluding carboxylic acids is 2. The molecule has 5 rings (SSSR count). The van der Waals surface area contributed by atoms with Crippen LogP contribution < -0.4 is 10.1 Å². The van der Waals surface area contributed by atoms with Crippen LogP contribution in [0, 0.1) is 13.8 Å². The van der Waals surface area contributed by atoms with E-state index in [1.165, 1.54) is 11.8 Å². The second-order valence-corrected chi connectivity index (χ2v) is 10.9. The Labute approximate surface area is 230 Å². The SMILES string of the molecule is COc1ccc(C2=NN(C3=NC(=O)[C@@H](CC(=O)Nc4ccc(C)c(C)c4)S3)[C@H](c3cccc(Cl)c3)C2)cc1. The first kappa shape index (κ1) is 26.0. The average molecular weight is 547 g/mol. The lowest BCUT2D eigenvalue weighted by molar-refractivity contribution is -0.121. The second-order valence-electron chi connectivity index (χ2n) is 9.29. The van der Waals surface area contributed by atoms with Gasteiger partial charge in [0.05, 0.1) is 18.9 Å². The van der Waals surface area contributed by atoms with Crippen LogP contribution in [0.1, 0.15) is 41.1 Å². The number of halogens is 1. The van der Waals surface area contributed by atoms with Crippen molar-refractivity contribution in [1.29, 1.82) is 0 Å². The molecule has 2 atom stereocenters. The fourth-order valence-corrected chi connectivity index (χ4v) is 5.68. The summed E-state index contributed by atoms with van der Waals surface area (Å²) in [5.41, 5.74) is 5.74. The number of rotatable bonds is 6. The number of thioether (sulfide) groups is 1. The Morgan fingerprint density at radius 2 is 1.89 bits per heavy atom. The summed E-state index contributed by atoms with van der Waals surface area (Å²) < 4.78 is 5.28. The number of amidine groups is 1. The Morgan fingerprint density at radius 1 is 1.11 bits per heavy atom. The van der Waals surface area contributed by atoms with E-state index in [0.717, 1.165) is 33.7 Å². The molecule has 0 unspecified atom stereocenters. The number of anilines is 1. The number of nitrogens with one attached hydrogen (secondary N) is 1. The number of ether oxygens (including phenoxy) is 1. The summed E-state index contributed by atoms with van der Waals surface area (Å²) in [6, 6.07) is 20.9. The Hall–Kier alpha value is -3.62. The molecular weight excluding hydrogens is 520 g/mol. The molecule has 2 heterocycles. The van der Waals surface area contributed by atoms with Crippen LogP contribution in [0.5, 0.6) is 5.75 Å².